The van der Waals surface area contributed by atoms with Crippen LogP contribution in [0.2, 0.25) is 0 Å². The van der Waals surface area contributed by atoms with Crippen molar-refractivity contribution in [2.45, 2.75) is 6.18 Å². The number of hydrogen-bond donors (Lipinski definition) is 3. The third kappa shape index (κ3) is 4.46. The number of hydrogen-bond acceptors (Lipinski definition) is 4. The van der Waals surface area contributed by atoms with Gasteiger partial charge in [0.2, 0.25) is 0 Å². The second-order valence-corrected chi connectivity index (χ2v) is 7.70. The molecule has 5 rings (SSSR count). The van der Waals surface area contributed by atoms with E-state index in [4.69, 9.17) is 0 Å². The van der Waals surface area contributed by atoms with E-state index in [1.807, 2.05) is 18.2 Å². The van der Waals surface area contributed by atoms with Gasteiger partial charge in [-0.2, -0.15) is 13.2 Å². The zero-order chi connectivity index (χ0) is 22.3. The van der Waals surface area contributed by atoms with Crippen LogP contribution in [-0.4, -0.2) is 46.9 Å². The Morgan fingerprint density at radius 3 is 2.55 bits per heavy atom. The molecule has 1 aliphatic heterocycles. The number of aromatic amines is 2. The third-order valence-electron chi connectivity index (χ3n) is 5.63. The van der Waals surface area contributed by atoms with Crippen molar-refractivity contribution in [3.05, 3.63) is 71.4 Å². The maximum atomic E-state index is 13.3. The molecule has 3 N–H and O–H groups in total. The average Bonchev–Trinajstić information content (AvgIpc) is 3.45. The standard InChI is InChI=1S/C23H20F3N5O.ClH/c24-23(25,26)17-4-2-1-3-16(17)21(32)14-11-20(28-13-14)22-29-18-6-5-15(12-19(18)30-22)31-9-7-27-8-10-31;/h1-6,11-13,27-28H,7-10H2,(H,29,30);1H. The van der Waals surface area contributed by atoms with Crippen LogP contribution in [0, 0.1) is 0 Å². The minimum Gasteiger partial charge on any atom is -0.369 e. The number of H-pyrrole nitrogens is 2. The molecule has 4 aromatic rings. The number of carbonyl (C=O) groups excluding carboxylic acids is 1. The van der Waals surface area contributed by atoms with E-state index < -0.39 is 17.5 Å². The molecule has 0 amide bonds. The summed E-state index contributed by atoms with van der Waals surface area (Å²) < 4.78 is 39.9. The Bertz CT molecular complexity index is 1290. The lowest BCUT2D eigenvalue weighted by atomic mass is 9.99. The Balaban J connectivity index is 0.00000259. The molecular formula is C23H21ClF3N5O. The summed E-state index contributed by atoms with van der Waals surface area (Å²) in [5.41, 5.74) is 2.05. The monoisotopic (exact) mass is 475 g/mol. The molecule has 172 valence electrons. The first kappa shape index (κ1) is 22.9. The Labute approximate surface area is 193 Å². The summed E-state index contributed by atoms with van der Waals surface area (Å²) in [4.78, 5) is 25.8. The summed E-state index contributed by atoms with van der Waals surface area (Å²) >= 11 is 0. The van der Waals surface area contributed by atoms with E-state index in [9.17, 15) is 18.0 Å². The molecule has 1 saturated heterocycles. The number of rotatable bonds is 4. The molecule has 2 aromatic carbocycles. The van der Waals surface area contributed by atoms with E-state index in [1.165, 1.54) is 30.5 Å². The van der Waals surface area contributed by atoms with Crippen molar-refractivity contribution in [3.8, 4) is 11.5 Å². The van der Waals surface area contributed by atoms with E-state index in [0.29, 0.717) is 11.5 Å². The van der Waals surface area contributed by atoms with Gasteiger partial charge in [-0.15, -0.1) is 12.4 Å². The maximum Gasteiger partial charge on any atom is 0.417 e. The number of ketones is 1. The molecule has 0 atom stereocenters. The zero-order valence-corrected chi connectivity index (χ0v) is 18.2. The van der Waals surface area contributed by atoms with Crippen LogP contribution in [0.1, 0.15) is 21.5 Å². The van der Waals surface area contributed by atoms with Crippen LogP contribution < -0.4 is 10.2 Å². The molecule has 33 heavy (non-hydrogen) atoms. The van der Waals surface area contributed by atoms with Crippen LogP contribution in [0.15, 0.2) is 54.7 Å². The van der Waals surface area contributed by atoms with Crippen molar-refractivity contribution in [2.24, 2.45) is 0 Å². The number of halogens is 4. The number of alkyl halides is 3. The number of piperazine rings is 1. The first-order valence-corrected chi connectivity index (χ1v) is 10.3. The van der Waals surface area contributed by atoms with Gasteiger partial charge in [0.05, 0.1) is 22.3 Å². The van der Waals surface area contributed by atoms with Crippen molar-refractivity contribution in [3.63, 3.8) is 0 Å². The molecule has 0 unspecified atom stereocenters. The Kier molecular flexibility index (Phi) is 6.18. The number of benzene rings is 2. The normalized spacial score (nSPS) is 14.3. The number of imidazole rings is 1. The number of fused-ring (bicyclic) bond motifs is 1. The highest BCUT2D eigenvalue weighted by molar-refractivity contribution is 6.10. The van der Waals surface area contributed by atoms with Gasteiger partial charge in [-0.3, -0.25) is 4.79 Å². The molecular weight excluding hydrogens is 455 g/mol. The highest BCUT2D eigenvalue weighted by Crippen LogP contribution is 2.33. The molecule has 0 saturated carbocycles. The first-order valence-electron chi connectivity index (χ1n) is 10.3. The lowest BCUT2D eigenvalue weighted by molar-refractivity contribution is -0.137. The third-order valence-corrected chi connectivity index (χ3v) is 5.63. The molecule has 10 heteroatoms. The van der Waals surface area contributed by atoms with Crippen LogP contribution in [0.25, 0.3) is 22.6 Å². The van der Waals surface area contributed by atoms with Crippen molar-refractivity contribution in [1.29, 1.82) is 0 Å². The van der Waals surface area contributed by atoms with E-state index in [0.717, 1.165) is 49.0 Å². The molecule has 2 aromatic heterocycles. The quantitative estimate of drug-likeness (QED) is 0.376. The largest absolute Gasteiger partial charge is 0.417 e. The van der Waals surface area contributed by atoms with Crippen molar-refractivity contribution >= 4 is 34.9 Å². The minimum absolute atomic E-state index is 0. The Morgan fingerprint density at radius 2 is 1.79 bits per heavy atom. The molecule has 0 spiro atoms. The summed E-state index contributed by atoms with van der Waals surface area (Å²) in [6.45, 7) is 3.72. The summed E-state index contributed by atoms with van der Waals surface area (Å²) in [6, 6.07) is 12.3. The van der Waals surface area contributed by atoms with Gasteiger partial charge < -0.3 is 20.2 Å². The van der Waals surface area contributed by atoms with Crippen LogP contribution in [-0.2, 0) is 6.18 Å². The number of aromatic nitrogens is 3. The van der Waals surface area contributed by atoms with E-state index in [1.54, 1.807) is 0 Å². The van der Waals surface area contributed by atoms with Gasteiger partial charge in [0.1, 0.15) is 0 Å². The van der Waals surface area contributed by atoms with Gasteiger partial charge in [-0.25, -0.2) is 4.98 Å². The van der Waals surface area contributed by atoms with Crippen LogP contribution in [0.3, 0.4) is 0 Å². The average molecular weight is 476 g/mol. The highest BCUT2D eigenvalue weighted by atomic mass is 35.5. The predicted molar refractivity (Wildman–Crippen MR) is 123 cm³/mol. The second kappa shape index (κ2) is 8.92. The molecule has 1 aliphatic rings. The maximum absolute atomic E-state index is 13.3. The molecule has 1 fully saturated rings. The lowest BCUT2D eigenvalue weighted by Gasteiger charge is -2.29. The summed E-state index contributed by atoms with van der Waals surface area (Å²) in [5.74, 6) is -0.182. The molecule has 6 nitrogen and oxygen atoms in total. The molecule has 0 aliphatic carbocycles. The fraction of sp³-hybridized carbons (Fsp3) is 0.217. The van der Waals surface area contributed by atoms with Gasteiger partial charge in [-0.1, -0.05) is 18.2 Å². The SMILES string of the molecule is Cl.O=C(c1c[nH]c(-c2nc3ccc(N4CCNCC4)cc3[nH]2)c1)c1ccccc1C(F)(F)F. The number of nitrogens with one attached hydrogen (secondary N) is 3. The van der Waals surface area contributed by atoms with Crippen molar-refractivity contribution in [2.75, 3.05) is 31.1 Å². The van der Waals surface area contributed by atoms with Crippen LogP contribution >= 0.6 is 12.4 Å². The molecule has 3 heterocycles. The predicted octanol–water partition coefficient (Wildman–Crippen LogP) is 4.64. The summed E-state index contributed by atoms with van der Waals surface area (Å²) in [7, 11) is 0. The van der Waals surface area contributed by atoms with Crippen molar-refractivity contribution < 1.29 is 18.0 Å². The van der Waals surface area contributed by atoms with Crippen molar-refractivity contribution in [1.82, 2.24) is 20.3 Å². The van der Waals surface area contributed by atoms with Gasteiger partial charge in [0.15, 0.2) is 11.6 Å². The number of carbonyl (C=O) groups is 1. The topological polar surface area (TPSA) is 76.8 Å². The van der Waals surface area contributed by atoms with E-state index in [2.05, 4.69) is 25.2 Å². The fourth-order valence-electron chi connectivity index (χ4n) is 3.99. The summed E-state index contributed by atoms with van der Waals surface area (Å²) in [5, 5.41) is 3.33. The highest BCUT2D eigenvalue weighted by Gasteiger charge is 2.35. The lowest BCUT2D eigenvalue weighted by Crippen LogP contribution is -2.43. The first-order chi connectivity index (χ1) is 15.4. The molecule has 0 bridgehead atoms. The van der Waals surface area contributed by atoms with Gasteiger partial charge in [0.25, 0.3) is 0 Å². The fourth-order valence-corrected chi connectivity index (χ4v) is 3.99. The number of anilines is 1. The van der Waals surface area contributed by atoms with E-state index in [-0.39, 0.29) is 23.5 Å². The van der Waals surface area contributed by atoms with Gasteiger partial charge in [-0.05, 0) is 30.3 Å². The Hall–Kier alpha value is -3.30. The van der Waals surface area contributed by atoms with Crippen LogP contribution in [0.4, 0.5) is 18.9 Å². The van der Waals surface area contributed by atoms with Crippen LogP contribution in [0.5, 0.6) is 0 Å². The van der Waals surface area contributed by atoms with Gasteiger partial charge in [0, 0.05) is 49.2 Å². The number of nitrogens with zero attached hydrogens (tertiary/aromatic N) is 2. The second-order valence-electron chi connectivity index (χ2n) is 7.70. The van der Waals surface area contributed by atoms with E-state index >= 15 is 0 Å². The van der Waals surface area contributed by atoms with Gasteiger partial charge >= 0.3 is 6.18 Å². The molecule has 0 radical (unpaired) electrons. The minimum atomic E-state index is -4.60. The zero-order valence-electron chi connectivity index (χ0n) is 17.4. The summed E-state index contributed by atoms with van der Waals surface area (Å²) in [6.07, 6.45) is -3.20. The smallest absolute Gasteiger partial charge is 0.369 e. The Morgan fingerprint density at radius 1 is 1.03 bits per heavy atom.